The summed E-state index contributed by atoms with van der Waals surface area (Å²) in [7, 11) is 1.60. The fraction of sp³-hybridized carbons (Fsp3) is 0.529. The van der Waals surface area contributed by atoms with Crippen molar-refractivity contribution >= 4 is 11.8 Å². The van der Waals surface area contributed by atoms with Crippen molar-refractivity contribution in [1.82, 2.24) is 10.2 Å². The Kier molecular flexibility index (Phi) is 5.98. The fourth-order valence-corrected chi connectivity index (χ4v) is 3.03. The van der Waals surface area contributed by atoms with Crippen molar-refractivity contribution < 1.29 is 14.3 Å². The Balaban J connectivity index is 2.11. The first-order chi connectivity index (χ1) is 11.0. The van der Waals surface area contributed by atoms with E-state index in [1.54, 1.807) is 7.11 Å². The molecule has 0 aromatic heterocycles. The lowest BCUT2D eigenvalue weighted by molar-refractivity contribution is -0.132. The Labute approximate surface area is 137 Å². The minimum atomic E-state index is -0.343. The van der Waals surface area contributed by atoms with Crippen LogP contribution >= 0.6 is 0 Å². The normalized spacial score (nSPS) is 18.6. The van der Waals surface area contributed by atoms with E-state index >= 15 is 0 Å². The van der Waals surface area contributed by atoms with Crippen molar-refractivity contribution in [2.45, 2.75) is 38.3 Å². The lowest BCUT2D eigenvalue weighted by Gasteiger charge is -2.26. The van der Waals surface area contributed by atoms with Gasteiger partial charge in [0.15, 0.2) is 0 Å². The number of rotatable bonds is 6. The minimum Gasteiger partial charge on any atom is -0.497 e. The third-order valence-corrected chi connectivity index (χ3v) is 4.24. The third kappa shape index (κ3) is 4.45. The van der Waals surface area contributed by atoms with Gasteiger partial charge in [-0.05, 0) is 30.5 Å². The Morgan fingerprint density at radius 2 is 2.09 bits per heavy atom. The third-order valence-electron chi connectivity index (χ3n) is 4.24. The van der Waals surface area contributed by atoms with Crippen molar-refractivity contribution in [1.29, 1.82) is 0 Å². The second-order valence-corrected chi connectivity index (χ2v) is 5.85. The Morgan fingerprint density at radius 1 is 1.39 bits per heavy atom. The standard InChI is InChI=1S/C17H25N3O3/c1-12(21)19-16(13-5-7-15(23-2)8-6-13)10-17(22)20-9-3-4-14(20)11-18/h5-8,14,16H,3-4,9-11,18H2,1-2H3,(H,19,21). The lowest BCUT2D eigenvalue weighted by atomic mass is 10.0. The molecule has 3 N–H and O–H groups in total. The van der Waals surface area contributed by atoms with E-state index in [1.165, 1.54) is 6.92 Å². The van der Waals surface area contributed by atoms with Crippen molar-refractivity contribution in [3.8, 4) is 5.75 Å². The Hall–Kier alpha value is -2.08. The van der Waals surface area contributed by atoms with Crippen LogP contribution in [0, 0.1) is 0 Å². The second-order valence-electron chi connectivity index (χ2n) is 5.85. The van der Waals surface area contributed by atoms with Crippen LogP contribution in [0.5, 0.6) is 5.75 Å². The molecule has 0 radical (unpaired) electrons. The summed E-state index contributed by atoms with van der Waals surface area (Å²) >= 11 is 0. The predicted molar refractivity (Wildman–Crippen MR) is 88.0 cm³/mol. The summed E-state index contributed by atoms with van der Waals surface area (Å²) in [5.41, 5.74) is 6.63. The van der Waals surface area contributed by atoms with Gasteiger partial charge in [-0.1, -0.05) is 12.1 Å². The molecule has 23 heavy (non-hydrogen) atoms. The van der Waals surface area contributed by atoms with Crippen molar-refractivity contribution in [2.24, 2.45) is 5.73 Å². The summed E-state index contributed by atoms with van der Waals surface area (Å²) in [6.07, 6.45) is 2.18. The van der Waals surface area contributed by atoms with Gasteiger partial charge in [0.1, 0.15) is 5.75 Å². The molecule has 2 rings (SSSR count). The smallest absolute Gasteiger partial charge is 0.225 e. The molecule has 1 aromatic rings. The average Bonchev–Trinajstić information content (AvgIpc) is 3.02. The van der Waals surface area contributed by atoms with Crippen LogP contribution in [0.25, 0.3) is 0 Å². The molecule has 0 bridgehead atoms. The summed E-state index contributed by atoms with van der Waals surface area (Å²) in [6.45, 7) is 2.69. The number of ether oxygens (including phenoxy) is 1. The van der Waals surface area contributed by atoms with E-state index in [-0.39, 0.29) is 30.3 Å². The van der Waals surface area contributed by atoms with Crippen LogP contribution in [0.15, 0.2) is 24.3 Å². The van der Waals surface area contributed by atoms with E-state index in [4.69, 9.17) is 10.5 Å². The van der Waals surface area contributed by atoms with E-state index in [0.717, 1.165) is 30.7 Å². The van der Waals surface area contributed by atoms with Gasteiger partial charge in [0.25, 0.3) is 0 Å². The van der Waals surface area contributed by atoms with Crippen molar-refractivity contribution in [2.75, 3.05) is 20.2 Å². The van der Waals surface area contributed by atoms with Crippen LogP contribution in [0.4, 0.5) is 0 Å². The lowest BCUT2D eigenvalue weighted by Crippen LogP contribution is -2.41. The predicted octanol–water partition coefficient (Wildman–Crippen LogP) is 1.21. The van der Waals surface area contributed by atoms with Gasteiger partial charge in [-0.25, -0.2) is 0 Å². The maximum atomic E-state index is 12.6. The fourth-order valence-electron chi connectivity index (χ4n) is 3.03. The van der Waals surface area contributed by atoms with E-state index in [2.05, 4.69) is 5.32 Å². The molecule has 0 aliphatic carbocycles. The van der Waals surface area contributed by atoms with Gasteiger partial charge in [-0.2, -0.15) is 0 Å². The van der Waals surface area contributed by atoms with E-state index in [1.807, 2.05) is 29.2 Å². The van der Waals surface area contributed by atoms with Crippen LogP contribution in [0.3, 0.4) is 0 Å². The number of nitrogens with zero attached hydrogens (tertiary/aromatic N) is 1. The molecule has 1 aliphatic heterocycles. The molecule has 2 unspecified atom stereocenters. The first kappa shape index (κ1) is 17.3. The van der Waals surface area contributed by atoms with Gasteiger partial charge >= 0.3 is 0 Å². The second kappa shape index (κ2) is 7.97. The van der Waals surface area contributed by atoms with Gasteiger partial charge in [0, 0.05) is 26.1 Å². The molecule has 1 saturated heterocycles. The summed E-state index contributed by atoms with van der Waals surface area (Å²) < 4.78 is 5.14. The Bertz CT molecular complexity index is 545. The molecule has 6 heteroatoms. The highest BCUT2D eigenvalue weighted by molar-refractivity contribution is 5.79. The number of hydrogen-bond donors (Lipinski definition) is 2. The van der Waals surface area contributed by atoms with Crippen molar-refractivity contribution in [3.05, 3.63) is 29.8 Å². The SMILES string of the molecule is COc1ccc(C(CC(=O)N2CCCC2CN)NC(C)=O)cc1. The molecule has 1 fully saturated rings. The Morgan fingerprint density at radius 3 is 2.65 bits per heavy atom. The topological polar surface area (TPSA) is 84.7 Å². The molecule has 1 aromatic carbocycles. The van der Waals surface area contributed by atoms with E-state index in [0.29, 0.717) is 6.54 Å². The monoisotopic (exact) mass is 319 g/mol. The van der Waals surface area contributed by atoms with Crippen molar-refractivity contribution in [3.63, 3.8) is 0 Å². The average molecular weight is 319 g/mol. The van der Waals surface area contributed by atoms with Crippen LogP contribution in [0.1, 0.15) is 37.8 Å². The molecule has 2 atom stereocenters. The largest absolute Gasteiger partial charge is 0.497 e. The number of benzene rings is 1. The first-order valence-electron chi connectivity index (χ1n) is 7.95. The summed E-state index contributed by atoms with van der Waals surface area (Å²) in [5.74, 6) is 0.618. The summed E-state index contributed by atoms with van der Waals surface area (Å²) in [4.78, 5) is 25.9. The number of nitrogens with one attached hydrogen (secondary N) is 1. The number of hydrogen-bond acceptors (Lipinski definition) is 4. The molecular formula is C17H25N3O3. The molecule has 0 spiro atoms. The molecule has 1 aliphatic rings. The highest BCUT2D eigenvalue weighted by Crippen LogP contribution is 2.24. The highest BCUT2D eigenvalue weighted by Gasteiger charge is 2.29. The number of methoxy groups -OCH3 is 1. The number of likely N-dealkylation sites (tertiary alicyclic amines) is 1. The van der Waals surface area contributed by atoms with Gasteiger partial charge in [0.05, 0.1) is 19.6 Å². The number of carbonyl (C=O) groups is 2. The summed E-state index contributed by atoms with van der Waals surface area (Å²) in [5, 5.41) is 2.86. The molecular weight excluding hydrogens is 294 g/mol. The zero-order valence-electron chi connectivity index (χ0n) is 13.7. The van der Waals surface area contributed by atoms with Gasteiger partial charge in [0.2, 0.25) is 11.8 Å². The number of carbonyl (C=O) groups excluding carboxylic acids is 2. The summed E-state index contributed by atoms with van der Waals surface area (Å²) in [6, 6.07) is 7.18. The zero-order valence-corrected chi connectivity index (χ0v) is 13.7. The molecule has 2 amide bonds. The van der Waals surface area contributed by atoms with Gasteiger partial charge in [-0.15, -0.1) is 0 Å². The highest BCUT2D eigenvalue weighted by atomic mass is 16.5. The number of nitrogens with two attached hydrogens (primary N) is 1. The maximum absolute atomic E-state index is 12.6. The quantitative estimate of drug-likeness (QED) is 0.825. The van der Waals surface area contributed by atoms with Gasteiger partial charge in [-0.3, -0.25) is 9.59 Å². The van der Waals surface area contributed by atoms with Crippen LogP contribution in [0.2, 0.25) is 0 Å². The van der Waals surface area contributed by atoms with Crippen LogP contribution < -0.4 is 15.8 Å². The zero-order chi connectivity index (χ0) is 16.8. The minimum absolute atomic E-state index is 0.0347. The molecule has 1 heterocycles. The first-order valence-corrected chi connectivity index (χ1v) is 7.95. The molecule has 0 saturated carbocycles. The van der Waals surface area contributed by atoms with Crippen LogP contribution in [-0.4, -0.2) is 43.0 Å². The molecule has 6 nitrogen and oxygen atoms in total. The molecule has 126 valence electrons. The van der Waals surface area contributed by atoms with E-state index < -0.39 is 0 Å². The maximum Gasteiger partial charge on any atom is 0.225 e. The number of amides is 2. The van der Waals surface area contributed by atoms with Gasteiger partial charge < -0.3 is 20.7 Å². The van der Waals surface area contributed by atoms with Crippen LogP contribution in [-0.2, 0) is 9.59 Å². The van der Waals surface area contributed by atoms with E-state index in [9.17, 15) is 9.59 Å².